The fraction of sp³-hybridized carbons (Fsp3) is 0.833. The third-order valence-corrected chi connectivity index (χ3v) is 10.8. The van der Waals surface area contributed by atoms with E-state index in [4.69, 9.17) is 9.47 Å². The summed E-state index contributed by atoms with van der Waals surface area (Å²) < 4.78 is 12.9. The minimum Gasteiger partial charge on any atom is -0.487 e. The largest absolute Gasteiger partial charge is 0.487 e. The van der Waals surface area contributed by atoms with Crippen molar-refractivity contribution >= 4 is 5.97 Å². The van der Waals surface area contributed by atoms with Crippen molar-refractivity contribution < 1.29 is 14.3 Å². The highest BCUT2D eigenvalue weighted by Crippen LogP contribution is 2.45. The molecule has 0 N–H and O–H groups in total. The number of ether oxygens (including phenoxy) is 2. The number of rotatable bonds is 24. The smallest absolute Gasteiger partial charge is 0.311 e. The second-order valence-corrected chi connectivity index (χ2v) is 16.3. The van der Waals surface area contributed by atoms with E-state index < -0.39 is 0 Å². The SMILES string of the molecule is Cc1c(C)c2c(c(C)c1OC(=O)CCCCCCCCCCN(C)C)CC[C@@](C)(CCC[C@H](C)CCC[C@H](C)CCCC(C)C)O2. The van der Waals surface area contributed by atoms with Crippen molar-refractivity contribution in [3.63, 3.8) is 0 Å². The van der Waals surface area contributed by atoms with E-state index in [-0.39, 0.29) is 11.6 Å². The molecule has 1 aromatic carbocycles. The Morgan fingerprint density at radius 2 is 1.28 bits per heavy atom. The molecule has 1 aromatic rings. The van der Waals surface area contributed by atoms with Crippen LogP contribution in [0.4, 0.5) is 0 Å². The summed E-state index contributed by atoms with van der Waals surface area (Å²) >= 11 is 0. The number of nitrogens with zero attached hydrogens (tertiary/aromatic N) is 1. The molecule has 1 aliphatic heterocycles. The van der Waals surface area contributed by atoms with Crippen molar-refractivity contribution in [2.75, 3.05) is 20.6 Å². The van der Waals surface area contributed by atoms with Gasteiger partial charge in [-0.2, -0.15) is 0 Å². The first-order valence-corrected chi connectivity index (χ1v) is 19.5. The number of fused-ring (bicyclic) bond motifs is 1. The highest BCUT2D eigenvalue weighted by Gasteiger charge is 2.34. The summed E-state index contributed by atoms with van der Waals surface area (Å²) in [6.45, 7) is 19.4. The van der Waals surface area contributed by atoms with Crippen LogP contribution in [0.15, 0.2) is 0 Å². The number of hydrogen-bond acceptors (Lipinski definition) is 4. The van der Waals surface area contributed by atoms with Gasteiger partial charge in [0.15, 0.2) is 0 Å². The molecule has 266 valence electrons. The monoisotopic (exact) mass is 642 g/mol. The minimum atomic E-state index is -0.119. The van der Waals surface area contributed by atoms with Crippen LogP contribution in [0.2, 0.25) is 0 Å². The molecule has 2 rings (SSSR count). The third kappa shape index (κ3) is 15.1. The topological polar surface area (TPSA) is 38.8 Å². The van der Waals surface area contributed by atoms with Gasteiger partial charge in [-0.1, -0.05) is 111 Å². The number of esters is 1. The number of benzene rings is 1. The maximum Gasteiger partial charge on any atom is 0.311 e. The fourth-order valence-electron chi connectivity index (χ4n) is 7.34. The first-order valence-electron chi connectivity index (χ1n) is 19.5. The molecule has 4 nitrogen and oxygen atoms in total. The van der Waals surface area contributed by atoms with Crippen LogP contribution < -0.4 is 9.47 Å². The molecule has 1 heterocycles. The van der Waals surface area contributed by atoms with Crippen molar-refractivity contribution in [1.82, 2.24) is 4.90 Å². The summed E-state index contributed by atoms with van der Waals surface area (Å²) in [5.74, 6) is 4.22. The normalized spacial score (nSPS) is 17.7. The lowest BCUT2D eigenvalue weighted by molar-refractivity contribution is -0.134. The molecule has 0 saturated heterocycles. The second kappa shape index (κ2) is 21.4. The lowest BCUT2D eigenvalue weighted by Crippen LogP contribution is -2.37. The van der Waals surface area contributed by atoms with Gasteiger partial charge in [-0.15, -0.1) is 0 Å². The minimum absolute atomic E-state index is 0.0921. The number of carbonyl (C=O) groups is 1. The highest BCUT2D eigenvalue weighted by molar-refractivity contribution is 5.74. The average Bonchev–Trinajstić information content (AvgIpc) is 2.98. The van der Waals surface area contributed by atoms with Crippen molar-refractivity contribution in [3.05, 3.63) is 22.3 Å². The van der Waals surface area contributed by atoms with E-state index in [1.54, 1.807) is 0 Å². The zero-order chi connectivity index (χ0) is 34.1. The summed E-state index contributed by atoms with van der Waals surface area (Å²) in [6, 6.07) is 0. The summed E-state index contributed by atoms with van der Waals surface area (Å²) in [5, 5.41) is 0. The zero-order valence-corrected chi connectivity index (χ0v) is 32.3. The Bertz CT molecular complexity index is 1010. The van der Waals surface area contributed by atoms with Crippen LogP contribution in [-0.4, -0.2) is 37.1 Å². The molecule has 0 amide bonds. The van der Waals surface area contributed by atoms with Crippen molar-refractivity contribution in [2.45, 2.75) is 189 Å². The van der Waals surface area contributed by atoms with Gasteiger partial charge in [0.1, 0.15) is 17.1 Å². The van der Waals surface area contributed by atoms with Gasteiger partial charge in [0, 0.05) is 12.0 Å². The molecule has 0 fully saturated rings. The number of hydrogen-bond donors (Lipinski definition) is 0. The Morgan fingerprint density at radius 1 is 0.739 bits per heavy atom. The van der Waals surface area contributed by atoms with E-state index in [2.05, 4.69) is 74.4 Å². The predicted molar refractivity (Wildman–Crippen MR) is 198 cm³/mol. The van der Waals surface area contributed by atoms with Crippen molar-refractivity contribution in [1.29, 1.82) is 0 Å². The van der Waals surface area contributed by atoms with Gasteiger partial charge in [0.25, 0.3) is 0 Å². The Morgan fingerprint density at radius 3 is 1.87 bits per heavy atom. The van der Waals surface area contributed by atoms with Crippen LogP contribution in [0.5, 0.6) is 11.5 Å². The summed E-state index contributed by atoms with van der Waals surface area (Å²) in [5.41, 5.74) is 4.40. The van der Waals surface area contributed by atoms with E-state index in [0.717, 1.165) is 78.0 Å². The van der Waals surface area contributed by atoms with Crippen molar-refractivity contribution in [2.24, 2.45) is 17.8 Å². The van der Waals surface area contributed by atoms with Gasteiger partial charge in [-0.3, -0.25) is 4.79 Å². The lowest BCUT2D eigenvalue weighted by atomic mass is 9.83. The molecule has 0 unspecified atom stereocenters. The summed E-state index contributed by atoms with van der Waals surface area (Å²) in [4.78, 5) is 15.1. The molecule has 0 aromatic heterocycles. The molecular weight excluding hydrogens is 566 g/mol. The molecule has 1 aliphatic rings. The Kier molecular flexibility index (Phi) is 18.9. The summed E-state index contributed by atoms with van der Waals surface area (Å²) in [6.07, 6.45) is 24.1. The predicted octanol–water partition coefficient (Wildman–Crippen LogP) is 12.1. The molecule has 4 heteroatoms. The van der Waals surface area contributed by atoms with Gasteiger partial charge in [-0.05, 0) is 121 Å². The highest BCUT2D eigenvalue weighted by atomic mass is 16.5. The first-order chi connectivity index (χ1) is 21.8. The van der Waals surface area contributed by atoms with Gasteiger partial charge < -0.3 is 14.4 Å². The Balaban J connectivity index is 1.75. The van der Waals surface area contributed by atoms with Crippen LogP contribution >= 0.6 is 0 Å². The molecule has 46 heavy (non-hydrogen) atoms. The molecule has 0 bridgehead atoms. The Hall–Kier alpha value is -1.55. The van der Waals surface area contributed by atoms with Gasteiger partial charge >= 0.3 is 5.97 Å². The molecule has 3 atom stereocenters. The van der Waals surface area contributed by atoms with E-state index >= 15 is 0 Å². The van der Waals surface area contributed by atoms with Crippen LogP contribution in [-0.2, 0) is 11.2 Å². The van der Waals surface area contributed by atoms with Crippen LogP contribution in [0, 0.1) is 38.5 Å². The zero-order valence-electron chi connectivity index (χ0n) is 32.3. The maximum absolute atomic E-state index is 12.8. The number of carbonyl (C=O) groups excluding carboxylic acids is 1. The molecule has 0 aliphatic carbocycles. The van der Waals surface area contributed by atoms with Gasteiger partial charge in [0.05, 0.1) is 0 Å². The maximum atomic E-state index is 12.8. The van der Waals surface area contributed by atoms with E-state index in [1.807, 2.05) is 0 Å². The second-order valence-electron chi connectivity index (χ2n) is 16.3. The fourth-order valence-corrected chi connectivity index (χ4v) is 7.34. The van der Waals surface area contributed by atoms with Crippen LogP contribution in [0.1, 0.15) is 179 Å². The summed E-state index contributed by atoms with van der Waals surface area (Å²) in [7, 11) is 4.29. The van der Waals surface area contributed by atoms with E-state index in [1.165, 1.54) is 102 Å². The molecule has 0 spiro atoms. The third-order valence-electron chi connectivity index (χ3n) is 10.8. The van der Waals surface area contributed by atoms with Crippen molar-refractivity contribution in [3.8, 4) is 11.5 Å². The van der Waals surface area contributed by atoms with Gasteiger partial charge in [-0.25, -0.2) is 0 Å². The quantitative estimate of drug-likeness (QED) is 0.0639. The standard InChI is InChI=1S/C42H75NO3/c1-32(2)22-19-23-33(3)24-20-25-34(4)26-21-29-42(8)30-28-38-37(7)40(35(5)36(6)41(38)46-42)45-39(44)27-17-15-13-11-12-14-16-18-31-43(9)10/h32-34H,11-31H2,1-10H3/t33-,34-,42-/m1/s1. The van der Waals surface area contributed by atoms with Crippen LogP contribution in [0.3, 0.4) is 0 Å². The molecular formula is C42H75NO3. The van der Waals surface area contributed by atoms with E-state index in [9.17, 15) is 4.79 Å². The lowest BCUT2D eigenvalue weighted by Gasteiger charge is -2.38. The number of unbranched alkanes of at least 4 members (excludes halogenated alkanes) is 7. The molecule has 0 radical (unpaired) electrons. The van der Waals surface area contributed by atoms with Gasteiger partial charge in [0.2, 0.25) is 0 Å². The first kappa shape index (κ1) is 40.6. The molecule has 0 saturated carbocycles. The van der Waals surface area contributed by atoms with Crippen LogP contribution in [0.25, 0.3) is 0 Å². The average molecular weight is 642 g/mol. The van der Waals surface area contributed by atoms with E-state index in [0.29, 0.717) is 6.42 Å². The Labute approximate surface area is 286 Å².